The summed E-state index contributed by atoms with van der Waals surface area (Å²) in [6.07, 6.45) is 7.66. The minimum absolute atomic E-state index is 0.0765. The fourth-order valence-corrected chi connectivity index (χ4v) is 3.34. The predicted molar refractivity (Wildman–Crippen MR) is 88.0 cm³/mol. The van der Waals surface area contributed by atoms with Gasteiger partial charge < -0.3 is 15.1 Å². The molecule has 6 nitrogen and oxygen atoms in total. The number of carbonyl (C=O) groups is 2. The third-order valence-corrected chi connectivity index (χ3v) is 4.56. The second-order valence-corrected chi connectivity index (χ2v) is 6.84. The number of hydrogen-bond acceptors (Lipinski definition) is 4. The molecule has 0 radical (unpaired) electrons. The third-order valence-electron chi connectivity index (χ3n) is 3.87. The molecule has 0 bridgehead atoms. The van der Waals surface area contributed by atoms with Gasteiger partial charge in [0.1, 0.15) is 6.54 Å². The summed E-state index contributed by atoms with van der Waals surface area (Å²) in [5.41, 5.74) is 0. The molecule has 0 unspecified atom stereocenters. The van der Waals surface area contributed by atoms with Gasteiger partial charge in [0.2, 0.25) is 5.91 Å². The molecule has 122 valence electrons. The van der Waals surface area contributed by atoms with Gasteiger partial charge in [-0.3, -0.25) is 4.79 Å². The van der Waals surface area contributed by atoms with Crippen molar-refractivity contribution in [3.8, 4) is 0 Å². The maximum atomic E-state index is 12.3. The van der Waals surface area contributed by atoms with Gasteiger partial charge in [0.05, 0.1) is 0 Å². The van der Waals surface area contributed by atoms with Crippen molar-refractivity contribution < 1.29 is 9.59 Å². The highest BCUT2D eigenvalue weighted by Crippen LogP contribution is 2.24. The van der Waals surface area contributed by atoms with Crippen LogP contribution in [-0.2, 0) is 4.79 Å². The van der Waals surface area contributed by atoms with Crippen molar-refractivity contribution in [2.75, 3.05) is 32.5 Å². The van der Waals surface area contributed by atoms with Crippen LogP contribution in [0, 0.1) is 5.92 Å². The molecule has 22 heavy (non-hydrogen) atoms. The highest BCUT2D eigenvalue weighted by molar-refractivity contribution is 7.13. The molecule has 1 aliphatic rings. The van der Waals surface area contributed by atoms with E-state index in [-0.39, 0.29) is 18.5 Å². The zero-order valence-electron chi connectivity index (χ0n) is 13.2. The Morgan fingerprint density at radius 1 is 1.32 bits per heavy atom. The summed E-state index contributed by atoms with van der Waals surface area (Å²) in [7, 11) is 3.43. The van der Waals surface area contributed by atoms with E-state index in [1.807, 2.05) is 0 Å². The quantitative estimate of drug-likeness (QED) is 0.905. The van der Waals surface area contributed by atoms with Gasteiger partial charge in [0.15, 0.2) is 5.13 Å². The first-order valence-electron chi connectivity index (χ1n) is 7.72. The van der Waals surface area contributed by atoms with Crippen molar-refractivity contribution in [2.24, 2.45) is 5.92 Å². The molecule has 1 saturated carbocycles. The number of aromatic nitrogens is 1. The van der Waals surface area contributed by atoms with Crippen LogP contribution in [-0.4, -0.2) is 53.9 Å². The average molecular weight is 324 g/mol. The van der Waals surface area contributed by atoms with E-state index >= 15 is 0 Å². The van der Waals surface area contributed by atoms with E-state index in [1.54, 1.807) is 30.6 Å². The topological polar surface area (TPSA) is 65.5 Å². The Bertz CT molecular complexity index is 484. The Morgan fingerprint density at radius 2 is 2.05 bits per heavy atom. The maximum absolute atomic E-state index is 12.3. The molecular formula is C15H24N4O2S. The number of anilines is 1. The third kappa shape index (κ3) is 4.98. The molecule has 1 aliphatic carbocycles. The Hall–Kier alpha value is -1.63. The van der Waals surface area contributed by atoms with Gasteiger partial charge in [0.25, 0.3) is 0 Å². The van der Waals surface area contributed by atoms with E-state index in [0.717, 1.165) is 12.8 Å². The molecule has 0 aliphatic heterocycles. The minimum Gasteiger partial charge on any atom is -0.331 e. The number of nitrogens with one attached hydrogen (secondary N) is 1. The second kappa shape index (κ2) is 8.12. The monoisotopic (exact) mass is 324 g/mol. The summed E-state index contributed by atoms with van der Waals surface area (Å²) in [5, 5.41) is 5.11. The van der Waals surface area contributed by atoms with Crippen LogP contribution in [0.2, 0.25) is 0 Å². The fourth-order valence-electron chi connectivity index (χ4n) is 2.79. The number of nitrogens with zero attached hydrogens (tertiary/aromatic N) is 3. The molecule has 1 N–H and O–H groups in total. The molecule has 2 rings (SSSR count). The van der Waals surface area contributed by atoms with Crippen molar-refractivity contribution in [3.63, 3.8) is 0 Å². The smallest absolute Gasteiger partial charge is 0.319 e. The Labute approximate surface area is 135 Å². The van der Waals surface area contributed by atoms with Crippen LogP contribution in [0.3, 0.4) is 0 Å². The molecule has 1 heterocycles. The number of thiazole rings is 1. The Balaban J connectivity index is 1.94. The molecule has 1 fully saturated rings. The second-order valence-electron chi connectivity index (χ2n) is 5.95. The van der Waals surface area contributed by atoms with Crippen molar-refractivity contribution in [1.29, 1.82) is 0 Å². The van der Waals surface area contributed by atoms with Gasteiger partial charge in [0, 0.05) is 32.2 Å². The number of hydrogen-bond donors (Lipinski definition) is 1. The minimum atomic E-state index is -0.194. The van der Waals surface area contributed by atoms with E-state index in [4.69, 9.17) is 0 Å². The first-order chi connectivity index (χ1) is 10.6. The van der Waals surface area contributed by atoms with Crippen LogP contribution < -0.4 is 5.32 Å². The summed E-state index contributed by atoms with van der Waals surface area (Å²) < 4.78 is 0. The van der Waals surface area contributed by atoms with Gasteiger partial charge in [-0.1, -0.05) is 19.3 Å². The highest BCUT2D eigenvalue weighted by atomic mass is 32.1. The standard InChI is InChI=1S/C15H24N4O2S/c1-18(2)15(21)19(10-12-6-4-3-5-7-12)11-13(20)17-14-16-8-9-22-14/h8-9,12H,3-7,10-11H2,1-2H3,(H,16,17,20). The van der Waals surface area contributed by atoms with Crippen LogP contribution in [0.15, 0.2) is 11.6 Å². The summed E-state index contributed by atoms with van der Waals surface area (Å²) in [4.78, 5) is 31.7. The van der Waals surface area contributed by atoms with Crippen LogP contribution >= 0.6 is 11.3 Å². The first-order valence-corrected chi connectivity index (χ1v) is 8.60. The molecule has 7 heteroatoms. The normalized spacial score (nSPS) is 15.4. The maximum Gasteiger partial charge on any atom is 0.319 e. The summed E-state index contributed by atoms with van der Waals surface area (Å²) >= 11 is 1.37. The van der Waals surface area contributed by atoms with Crippen LogP contribution in [0.25, 0.3) is 0 Å². The molecule has 0 saturated heterocycles. The first kappa shape index (κ1) is 16.7. The largest absolute Gasteiger partial charge is 0.331 e. The summed E-state index contributed by atoms with van der Waals surface area (Å²) in [5.74, 6) is 0.311. The van der Waals surface area contributed by atoms with Crippen LogP contribution in [0.1, 0.15) is 32.1 Å². The van der Waals surface area contributed by atoms with Crippen LogP contribution in [0.5, 0.6) is 0 Å². The van der Waals surface area contributed by atoms with E-state index in [9.17, 15) is 9.59 Å². The van der Waals surface area contributed by atoms with Gasteiger partial charge >= 0.3 is 6.03 Å². The van der Waals surface area contributed by atoms with Crippen molar-refractivity contribution in [1.82, 2.24) is 14.8 Å². The van der Waals surface area contributed by atoms with Crippen LogP contribution in [0.4, 0.5) is 9.93 Å². The van der Waals surface area contributed by atoms with Gasteiger partial charge in [-0.25, -0.2) is 9.78 Å². The summed E-state index contributed by atoms with van der Waals surface area (Å²) in [6.45, 7) is 0.732. The zero-order chi connectivity index (χ0) is 15.9. The predicted octanol–water partition coefficient (Wildman–Crippen LogP) is 2.65. The Morgan fingerprint density at radius 3 is 2.64 bits per heavy atom. The SMILES string of the molecule is CN(C)C(=O)N(CC(=O)Nc1nccs1)CC1CCCCC1. The molecule has 1 aromatic heterocycles. The van der Waals surface area contributed by atoms with Crippen molar-refractivity contribution in [3.05, 3.63) is 11.6 Å². The zero-order valence-corrected chi connectivity index (χ0v) is 14.1. The Kier molecular flexibility index (Phi) is 6.18. The lowest BCUT2D eigenvalue weighted by molar-refractivity contribution is -0.117. The van der Waals surface area contributed by atoms with E-state index in [1.165, 1.54) is 35.5 Å². The molecular weight excluding hydrogens is 300 g/mol. The number of urea groups is 1. The molecule has 0 spiro atoms. The lowest BCUT2D eigenvalue weighted by Crippen LogP contribution is -2.45. The van der Waals surface area contributed by atoms with Gasteiger partial charge in [-0.15, -0.1) is 11.3 Å². The lowest BCUT2D eigenvalue weighted by atomic mass is 9.89. The number of carbonyl (C=O) groups excluding carboxylic acids is 2. The highest BCUT2D eigenvalue weighted by Gasteiger charge is 2.24. The number of amides is 3. The van der Waals surface area contributed by atoms with Crippen molar-refractivity contribution >= 4 is 28.4 Å². The molecule has 1 aromatic rings. The summed E-state index contributed by atoms with van der Waals surface area (Å²) in [6, 6.07) is -0.111. The van der Waals surface area contributed by atoms with E-state index < -0.39 is 0 Å². The van der Waals surface area contributed by atoms with Gasteiger partial charge in [-0.05, 0) is 18.8 Å². The molecule has 0 aromatic carbocycles. The molecule has 3 amide bonds. The average Bonchev–Trinajstić information content (AvgIpc) is 2.99. The van der Waals surface area contributed by atoms with E-state index in [0.29, 0.717) is 17.6 Å². The van der Waals surface area contributed by atoms with Crippen molar-refractivity contribution in [2.45, 2.75) is 32.1 Å². The lowest BCUT2D eigenvalue weighted by Gasteiger charge is -2.31. The number of rotatable bonds is 5. The van der Waals surface area contributed by atoms with Gasteiger partial charge in [-0.2, -0.15) is 0 Å². The fraction of sp³-hybridized carbons (Fsp3) is 0.667. The van der Waals surface area contributed by atoms with E-state index in [2.05, 4.69) is 10.3 Å². The molecule has 0 atom stereocenters.